The third-order valence-corrected chi connectivity index (χ3v) is 5.68. The van der Waals surface area contributed by atoms with E-state index in [-0.39, 0.29) is 11.8 Å². The predicted octanol–water partition coefficient (Wildman–Crippen LogP) is 1.85. The SMILES string of the molecule is CCNC(=NCCCOCCOC)NC(CC)CS(=O)(=O)c1ccccc1. The zero-order valence-electron chi connectivity index (χ0n) is 16.6. The van der Waals surface area contributed by atoms with Gasteiger partial charge in [-0.15, -0.1) is 0 Å². The molecule has 1 rings (SSSR count). The molecule has 0 bridgehead atoms. The molecule has 0 aliphatic carbocycles. The van der Waals surface area contributed by atoms with Crippen LogP contribution in [0.5, 0.6) is 0 Å². The number of nitrogens with one attached hydrogen (secondary N) is 2. The van der Waals surface area contributed by atoms with E-state index in [1.54, 1.807) is 31.4 Å². The summed E-state index contributed by atoms with van der Waals surface area (Å²) in [7, 11) is -1.70. The van der Waals surface area contributed by atoms with Gasteiger partial charge in [0.25, 0.3) is 0 Å². The summed E-state index contributed by atoms with van der Waals surface area (Å²) in [5.74, 6) is 0.655. The van der Waals surface area contributed by atoms with Crippen molar-refractivity contribution < 1.29 is 17.9 Å². The molecule has 0 heterocycles. The van der Waals surface area contributed by atoms with Crippen LogP contribution in [0.4, 0.5) is 0 Å². The first-order valence-corrected chi connectivity index (χ1v) is 11.1. The summed E-state index contributed by atoms with van der Waals surface area (Å²) in [5.41, 5.74) is 0. The molecule has 0 saturated heterocycles. The van der Waals surface area contributed by atoms with Gasteiger partial charge < -0.3 is 20.1 Å². The van der Waals surface area contributed by atoms with Gasteiger partial charge in [0, 0.05) is 32.8 Å². The van der Waals surface area contributed by atoms with E-state index < -0.39 is 9.84 Å². The number of hydrogen-bond acceptors (Lipinski definition) is 5. The fourth-order valence-corrected chi connectivity index (χ4v) is 3.98. The molecule has 1 aromatic carbocycles. The Balaban J connectivity index is 2.58. The molecule has 2 N–H and O–H groups in total. The Morgan fingerprint density at radius 2 is 1.89 bits per heavy atom. The van der Waals surface area contributed by atoms with E-state index >= 15 is 0 Å². The fourth-order valence-electron chi connectivity index (χ4n) is 2.37. The molecule has 0 aliphatic rings. The lowest BCUT2D eigenvalue weighted by Crippen LogP contribution is -2.46. The van der Waals surface area contributed by atoms with E-state index in [1.165, 1.54) is 0 Å². The van der Waals surface area contributed by atoms with Crippen molar-refractivity contribution in [1.29, 1.82) is 0 Å². The van der Waals surface area contributed by atoms with E-state index in [2.05, 4.69) is 15.6 Å². The normalized spacial score (nSPS) is 13.4. The smallest absolute Gasteiger partial charge is 0.191 e. The quantitative estimate of drug-likeness (QED) is 0.299. The molecule has 1 aromatic rings. The van der Waals surface area contributed by atoms with E-state index in [1.807, 2.05) is 19.9 Å². The Morgan fingerprint density at radius 3 is 2.52 bits per heavy atom. The van der Waals surface area contributed by atoms with Crippen molar-refractivity contribution in [2.45, 2.75) is 37.6 Å². The fraction of sp³-hybridized carbons (Fsp3) is 0.632. The van der Waals surface area contributed by atoms with Crippen LogP contribution in [0.3, 0.4) is 0 Å². The molecule has 27 heavy (non-hydrogen) atoms. The average Bonchev–Trinajstić information content (AvgIpc) is 2.67. The summed E-state index contributed by atoms with van der Waals surface area (Å²) >= 11 is 0. The molecule has 0 spiro atoms. The number of guanidine groups is 1. The van der Waals surface area contributed by atoms with Gasteiger partial charge in [0.2, 0.25) is 0 Å². The number of rotatable bonds is 13. The minimum absolute atomic E-state index is 0.0258. The van der Waals surface area contributed by atoms with Crippen LogP contribution in [0.2, 0.25) is 0 Å². The molecule has 154 valence electrons. The first-order chi connectivity index (χ1) is 13.0. The lowest BCUT2D eigenvalue weighted by molar-refractivity contribution is 0.0702. The molecule has 0 aromatic heterocycles. The minimum atomic E-state index is -3.35. The van der Waals surface area contributed by atoms with Gasteiger partial charge in [0.1, 0.15) is 0 Å². The number of ether oxygens (including phenoxy) is 2. The Kier molecular flexibility index (Phi) is 11.7. The molecule has 0 radical (unpaired) electrons. The maximum atomic E-state index is 12.6. The van der Waals surface area contributed by atoms with Crippen LogP contribution in [0, 0.1) is 0 Å². The number of benzene rings is 1. The second kappa shape index (κ2) is 13.5. The summed E-state index contributed by atoms with van der Waals surface area (Å²) in [4.78, 5) is 4.86. The van der Waals surface area contributed by atoms with Crippen molar-refractivity contribution in [1.82, 2.24) is 10.6 Å². The van der Waals surface area contributed by atoms with Gasteiger partial charge in [-0.3, -0.25) is 4.99 Å². The highest BCUT2D eigenvalue weighted by Gasteiger charge is 2.20. The molecular formula is C19H33N3O4S. The zero-order chi connectivity index (χ0) is 20.0. The van der Waals surface area contributed by atoms with Crippen LogP contribution in [0.15, 0.2) is 40.2 Å². The van der Waals surface area contributed by atoms with E-state index in [0.717, 1.165) is 6.42 Å². The number of nitrogens with zero attached hydrogens (tertiary/aromatic N) is 1. The molecule has 8 heteroatoms. The van der Waals surface area contributed by atoms with Crippen molar-refractivity contribution in [3.05, 3.63) is 30.3 Å². The molecule has 0 fully saturated rings. The monoisotopic (exact) mass is 399 g/mol. The lowest BCUT2D eigenvalue weighted by Gasteiger charge is -2.20. The Morgan fingerprint density at radius 1 is 1.15 bits per heavy atom. The zero-order valence-corrected chi connectivity index (χ0v) is 17.4. The first-order valence-electron chi connectivity index (χ1n) is 9.42. The van der Waals surface area contributed by atoms with Crippen LogP contribution in [-0.2, 0) is 19.3 Å². The van der Waals surface area contributed by atoms with Crippen LogP contribution < -0.4 is 10.6 Å². The molecule has 1 atom stereocenters. The van der Waals surface area contributed by atoms with E-state index in [9.17, 15) is 8.42 Å². The Labute approximate surface area is 163 Å². The summed E-state index contributed by atoms with van der Waals surface area (Å²) in [6, 6.07) is 8.33. The van der Waals surface area contributed by atoms with Gasteiger partial charge in [-0.1, -0.05) is 25.1 Å². The van der Waals surface area contributed by atoms with Crippen molar-refractivity contribution >= 4 is 15.8 Å². The second-order valence-electron chi connectivity index (χ2n) is 6.06. The van der Waals surface area contributed by atoms with Gasteiger partial charge in [-0.25, -0.2) is 8.42 Å². The van der Waals surface area contributed by atoms with Gasteiger partial charge in [-0.2, -0.15) is 0 Å². The highest BCUT2D eigenvalue weighted by molar-refractivity contribution is 7.91. The van der Waals surface area contributed by atoms with E-state index in [4.69, 9.17) is 9.47 Å². The molecule has 0 aliphatic heterocycles. The van der Waals surface area contributed by atoms with Gasteiger partial charge in [0.05, 0.1) is 23.9 Å². The van der Waals surface area contributed by atoms with Gasteiger partial charge in [-0.05, 0) is 31.9 Å². The van der Waals surface area contributed by atoms with E-state index in [0.29, 0.717) is 50.2 Å². The number of hydrogen-bond donors (Lipinski definition) is 2. The highest BCUT2D eigenvalue weighted by atomic mass is 32.2. The third-order valence-electron chi connectivity index (χ3n) is 3.85. The summed E-state index contributed by atoms with van der Waals surface area (Å²) in [6.07, 6.45) is 1.47. The van der Waals surface area contributed by atoms with Crippen LogP contribution in [0.25, 0.3) is 0 Å². The van der Waals surface area contributed by atoms with Crippen molar-refractivity contribution in [2.75, 3.05) is 45.8 Å². The predicted molar refractivity (Wildman–Crippen MR) is 109 cm³/mol. The van der Waals surface area contributed by atoms with Gasteiger partial charge in [0.15, 0.2) is 15.8 Å². The maximum absolute atomic E-state index is 12.6. The number of sulfone groups is 1. The van der Waals surface area contributed by atoms with Crippen molar-refractivity contribution in [3.63, 3.8) is 0 Å². The standard InChI is InChI=1S/C19H33N3O4S/c1-4-17(16-27(23,24)18-10-7-6-8-11-18)22-19(20-5-2)21-12-9-13-26-15-14-25-3/h6-8,10-11,17H,4-5,9,12-16H2,1-3H3,(H2,20,21,22). The Hall–Kier alpha value is -1.64. The molecule has 1 unspecified atom stereocenters. The molecular weight excluding hydrogens is 366 g/mol. The maximum Gasteiger partial charge on any atom is 0.191 e. The molecule has 0 saturated carbocycles. The topological polar surface area (TPSA) is 89.0 Å². The van der Waals surface area contributed by atoms with Crippen LogP contribution >= 0.6 is 0 Å². The van der Waals surface area contributed by atoms with Crippen LogP contribution in [-0.4, -0.2) is 66.2 Å². The van der Waals surface area contributed by atoms with Gasteiger partial charge >= 0.3 is 0 Å². The van der Waals surface area contributed by atoms with Crippen LogP contribution in [0.1, 0.15) is 26.7 Å². The molecule has 0 amide bonds. The average molecular weight is 400 g/mol. The van der Waals surface area contributed by atoms with Crippen molar-refractivity contribution in [3.8, 4) is 0 Å². The lowest BCUT2D eigenvalue weighted by atomic mass is 10.3. The Bertz CT molecular complexity index is 636. The summed E-state index contributed by atoms with van der Waals surface area (Å²) in [5, 5.41) is 6.41. The number of methoxy groups -OCH3 is 1. The largest absolute Gasteiger partial charge is 0.382 e. The third kappa shape index (κ3) is 9.74. The first kappa shape index (κ1) is 23.4. The van der Waals surface area contributed by atoms with Crippen molar-refractivity contribution in [2.24, 2.45) is 4.99 Å². The summed E-state index contributed by atoms with van der Waals surface area (Å²) < 4.78 is 35.5. The summed E-state index contributed by atoms with van der Waals surface area (Å²) in [6.45, 7) is 7.03. The highest BCUT2D eigenvalue weighted by Crippen LogP contribution is 2.12. The second-order valence-corrected chi connectivity index (χ2v) is 8.10. The number of aliphatic imine (C=N–C) groups is 1. The molecule has 7 nitrogen and oxygen atoms in total. The minimum Gasteiger partial charge on any atom is -0.382 e.